The van der Waals surface area contributed by atoms with Crippen molar-refractivity contribution in [3.8, 4) is 0 Å². The second-order valence-electron chi connectivity index (χ2n) is 16.9. The molecule has 0 radical (unpaired) electrons. The SMILES string of the molecule is ClCP1[P+](c2ccccc2)(c2ccccc2)CC2(C[P+]1(c1ccccc1)c1ccccc1)C[P+](c1ccccc1)(c1ccccc1)P(CCl)[P+](c1ccccc1)(c1ccccc1)C2. The zero-order chi connectivity index (χ0) is 42.8. The van der Waals surface area contributed by atoms with Gasteiger partial charge >= 0.3 is 0 Å². The highest BCUT2D eigenvalue weighted by Crippen LogP contribution is 3.10. The van der Waals surface area contributed by atoms with Gasteiger partial charge in [-0.25, -0.2) is 0 Å². The summed E-state index contributed by atoms with van der Waals surface area (Å²) < 4.78 is 0. The Balaban J connectivity index is 1.42. The van der Waals surface area contributed by atoms with Crippen molar-refractivity contribution in [2.75, 3.05) is 35.9 Å². The zero-order valence-corrected chi connectivity index (χ0v) is 42.2. The molecule has 312 valence electrons. The Morgan fingerprint density at radius 3 is 0.540 bits per heavy atom. The van der Waals surface area contributed by atoms with Gasteiger partial charge in [-0.1, -0.05) is 146 Å². The van der Waals surface area contributed by atoms with Gasteiger partial charge in [-0.2, -0.15) is 0 Å². The first kappa shape index (κ1) is 43.8. The van der Waals surface area contributed by atoms with Gasteiger partial charge in [0.25, 0.3) is 0 Å². The summed E-state index contributed by atoms with van der Waals surface area (Å²) in [7, 11) is -1.65. The van der Waals surface area contributed by atoms with Crippen molar-refractivity contribution in [2.45, 2.75) is 0 Å². The minimum absolute atomic E-state index is 0.104. The van der Waals surface area contributed by atoms with Crippen LogP contribution in [0.25, 0.3) is 0 Å². The summed E-state index contributed by atoms with van der Waals surface area (Å²) in [5.41, 5.74) is 1.21. The van der Waals surface area contributed by atoms with Crippen LogP contribution < -0.4 is 42.4 Å². The maximum Gasteiger partial charge on any atom is 0.245 e. The normalized spacial score (nSPS) is 21.9. The van der Waals surface area contributed by atoms with Crippen LogP contribution in [0.3, 0.4) is 0 Å². The van der Waals surface area contributed by atoms with E-state index in [1.165, 1.54) is 42.4 Å². The molecular weight excluding hydrogens is 917 g/mol. The van der Waals surface area contributed by atoms with Gasteiger partial charge in [0.1, 0.15) is 86.9 Å². The third-order valence-corrected chi connectivity index (χ3v) is 63.7. The molecule has 2 fully saturated rings. The van der Waals surface area contributed by atoms with Gasteiger partial charge in [0.05, 0.1) is 24.6 Å². The molecule has 2 aliphatic heterocycles. The van der Waals surface area contributed by atoms with Crippen LogP contribution in [0.2, 0.25) is 0 Å². The molecule has 8 aromatic rings. The summed E-state index contributed by atoms with van der Waals surface area (Å²) >= 11 is 15.8. The van der Waals surface area contributed by atoms with Crippen molar-refractivity contribution < 1.29 is 0 Å². The Kier molecular flexibility index (Phi) is 13.0. The Labute approximate surface area is 389 Å². The molecule has 8 aromatic carbocycles. The first-order valence-electron chi connectivity index (χ1n) is 21.7. The number of halogens is 2. The highest BCUT2D eigenvalue weighted by molar-refractivity contribution is 8.77. The topological polar surface area (TPSA) is 0 Å². The minimum atomic E-state index is -2.31. The summed E-state index contributed by atoms with van der Waals surface area (Å²) in [5.74, 6) is 0. The molecule has 8 heteroatoms. The number of benzene rings is 8. The minimum Gasteiger partial charge on any atom is -0.114 e. The lowest BCUT2D eigenvalue weighted by atomic mass is 9.99. The molecule has 10 rings (SSSR count). The van der Waals surface area contributed by atoms with Gasteiger partial charge in [0.15, 0.2) is 0 Å². The van der Waals surface area contributed by atoms with Crippen molar-refractivity contribution in [3.05, 3.63) is 243 Å². The zero-order valence-electron chi connectivity index (χ0n) is 35.3. The summed E-state index contributed by atoms with van der Waals surface area (Å²) in [5, 5.41) is 12.1. The van der Waals surface area contributed by atoms with Gasteiger partial charge < -0.3 is 0 Å². The Morgan fingerprint density at radius 2 is 0.413 bits per heavy atom. The highest BCUT2D eigenvalue weighted by Gasteiger charge is 2.83. The van der Waals surface area contributed by atoms with Crippen LogP contribution in [0.15, 0.2) is 243 Å². The van der Waals surface area contributed by atoms with Crippen LogP contribution in [-0.4, -0.2) is 35.9 Å². The number of hydrogen-bond donors (Lipinski definition) is 0. The first-order valence-corrected chi connectivity index (χ1v) is 36.6. The molecule has 1 spiro atoms. The van der Waals surface area contributed by atoms with Crippen molar-refractivity contribution >= 4 is 108 Å². The second-order valence-corrected chi connectivity index (χ2v) is 47.7. The number of hydrogen-bond acceptors (Lipinski definition) is 0. The van der Waals surface area contributed by atoms with Crippen LogP contribution in [0, 0.1) is 5.41 Å². The molecule has 0 atom stereocenters. The lowest BCUT2D eigenvalue weighted by Crippen LogP contribution is -2.54. The van der Waals surface area contributed by atoms with E-state index in [2.05, 4.69) is 243 Å². The van der Waals surface area contributed by atoms with E-state index in [1.807, 2.05) is 0 Å². The standard InChI is InChI=1S/C55H52Cl2P6/c56-45-58-60(47-25-9-1-10-26-47,48-27-11-2-12-28-48)41-55(42-61(58,49-29-13-3-14-30-49)50-31-15-4-16-32-50)43-62(51-33-17-5-18-34-51,52-35-19-6-20-36-52)59(46-57)63(44-55,53-37-21-7-22-38-53)54-39-23-8-24-40-54/h1-40H,41-46H2/q+4. The average molecular weight is 970 g/mol. The molecule has 0 aliphatic carbocycles. The monoisotopic (exact) mass is 968 g/mol. The molecular formula is C55H52Cl2P6+4. The molecule has 0 N–H and O–H groups in total. The van der Waals surface area contributed by atoms with Crippen molar-refractivity contribution in [3.63, 3.8) is 0 Å². The summed E-state index contributed by atoms with van der Waals surface area (Å²) in [4.78, 5) is 0. The van der Waals surface area contributed by atoms with Gasteiger partial charge in [-0.3, -0.25) is 0 Å². The molecule has 0 amide bonds. The van der Waals surface area contributed by atoms with E-state index in [-0.39, 0.29) is 5.41 Å². The fraction of sp³-hybridized carbons (Fsp3) is 0.127. The predicted molar refractivity (Wildman–Crippen MR) is 293 cm³/mol. The van der Waals surface area contributed by atoms with E-state index < -0.39 is 42.4 Å². The molecule has 2 aliphatic rings. The molecule has 2 saturated heterocycles. The van der Waals surface area contributed by atoms with E-state index in [4.69, 9.17) is 23.2 Å². The van der Waals surface area contributed by atoms with Gasteiger partial charge in [0.2, 0.25) is 14.6 Å². The quantitative estimate of drug-likeness (QED) is 0.0946. The second kappa shape index (κ2) is 18.7. The summed E-state index contributed by atoms with van der Waals surface area (Å²) in [6, 6.07) is 94.5. The van der Waals surface area contributed by atoms with E-state index in [0.29, 0.717) is 11.2 Å². The Hall–Kier alpha value is -3.08. The third kappa shape index (κ3) is 7.37. The van der Waals surface area contributed by atoms with Crippen LogP contribution in [-0.2, 0) is 0 Å². The van der Waals surface area contributed by atoms with Crippen molar-refractivity contribution in [1.29, 1.82) is 0 Å². The Bertz CT molecular complexity index is 2180. The largest absolute Gasteiger partial charge is 0.245 e. The maximum atomic E-state index is 7.90. The van der Waals surface area contributed by atoms with Crippen LogP contribution >= 0.6 is 65.6 Å². The van der Waals surface area contributed by atoms with E-state index in [9.17, 15) is 0 Å². The maximum absolute atomic E-state index is 7.90. The van der Waals surface area contributed by atoms with Gasteiger partial charge in [-0.05, 0) is 97.1 Å². The summed E-state index contributed by atoms with van der Waals surface area (Å²) in [6.45, 7) is -9.23. The fourth-order valence-electron chi connectivity index (χ4n) is 11.2. The van der Waals surface area contributed by atoms with Crippen LogP contribution in [0.5, 0.6) is 0 Å². The Morgan fingerprint density at radius 1 is 0.270 bits per heavy atom. The molecule has 2 heterocycles. The van der Waals surface area contributed by atoms with E-state index in [0.717, 1.165) is 24.6 Å². The van der Waals surface area contributed by atoms with Gasteiger partial charge in [0, 0.05) is 0 Å². The molecule has 0 saturated carbocycles. The number of rotatable bonds is 10. The smallest absolute Gasteiger partial charge is 0.114 e. The van der Waals surface area contributed by atoms with Crippen molar-refractivity contribution in [2.24, 2.45) is 5.41 Å². The van der Waals surface area contributed by atoms with E-state index in [1.54, 1.807) is 0 Å². The molecule has 0 aromatic heterocycles. The number of alkyl halides is 2. The lowest BCUT2D eigenvalue weighted by molar-refractivity contribution is 0.501. The third-order valence-electron chi connectivity index (χ3n) is 13.5. The molecule has 0 unspecified atom stereocenters. The molecule has 63 heavy (non-hydrogen) atoms. The predicted octanol–water partition coefficient (Wildman–Crippen LogP) is 13.7. The molecule has 0 nitrogen and oxygen atoms in total. The lowest BCUT2D eigenvalue weighted by Gasteiger charge is -2.55. The van der Waals surface area contributed by atoms with Crippen molar-refractivity contribution in [1.82, 2.24) is 0 Å². The van der Waals surface area contributed by atoms with Crippen LogP contribution in [0.4, 0.5) is 0 Å². The fourth-order valence-corrected chi connectivity index (χ4v) is 76.2. The van der Waals surface area contributed by atoms with Crippen LogP contribution in [0.1, 0.15) is 0 Å². The average Bonchev–Trinajstić information content (AvgIpc) is 3.37. The molecule has 0 bridgehead atoms. The first-order chi connectivity index (χ1) is 31.1. The summed E-state index contributed by atoms with van der Waals surface area (Å²) in [6.07, 6.45) is 4.51. The van der Waals surface area contributed by atoms with E-state index >= 15 is 0 Å². The highest BCUT2D eigenvalue weighted by atomic mass is 35.5. The van der Waals surface area contributed by atoms with Gasteiger partial charge in [-0.15, -0.1) is 23.2 Å².